The van der Waals surface area contributed by atoms with Gasteiger partial charge in [0.25, 0.3) is 0 Å². The molecule has 0 saturated heterocycles. The second-order valence-electron chi connectivity index (χ2n) is 6.98. The molecule has 3 atom stereocenters. The minimum atomic E-state index is -0.823. The number of aromatic hydroxyl groups is 1. The molecule has 0 bridgehead atoms. The molecule has 146 valence electrons. The van der Waals surface area contributed by atoms with Gasteiger partial charge in [0.1, 0.15) is 11.5 Å². The third kappa shape index (κ3) is 4.02. The zero-order valence-corrected chi connectivity index (χ0v) is 16.2. The Morgan fingerprint density at radius 3 is 1.96 bits per heavy atom. The number of aliphatic hydroxyl groups excluding tert-OH is 1. The summed E-state index contributed by atoms with van der Waals surface area (Å²) in [5.74, 6) is -0.453. The Balaban J connectivity index is 2.00. The predicted octanol–water partition coefficient (Wildman–Crippen LogP) is 5.11. The van der Waals surface area contributed by atoms with Crippen molar-refractivity contribution in [3.05, 3.63) is 99.6 Å². The van der Waals surface area contributed by atoms with E-state index in [0.29, 0.717) is 18.6 Å². The van der Waals surface area contributed by atoms with Crippen LogP contribution in [-0.2, 0) is 0 Å². The molecule has 0 amide bonds. The lowest BCUT2D eigenvalue weighted by atomic mass is 9.87. The van der Waals surface area contributed by atoms with Gasteiger partial charge in [0.05, 0.1) is 11.7 Å². The molecule has 0 aliphatic rings. The van der Waals surface area contributed by atoms with Crippen LogP contribution in [0, 0.1) is 0 Å². The van der Waals surface area contributed by atoms with Gasteiger partial charge in [0.2, 0.25) is 0 Å². The fourth-order valence-corrected chi connectivity index (χ4v) is 3.77. The summed E-state index contributed by atoms with van der Waals surface area (Å²) in [6.07, 6.45) is 0.398. The van der Waals surface area contributed by atoms with Gasteiger partial charge >= 0.3 is 5.63 Å². The van der Waals surface area contributed by atoms with Crippen molar-refractivity contribution in [1.29, 1.82) is 0 Å². The summed E-state index contributed by atoms with van der Waals surface area (Å²) in [6.45, 7) is 3.89. The van der Waals surface area contributed by atoms with Crippen LogP contribution in [0.5, 0.6) is 5.75 Å². The number of benzene rings is 2. The van der Waals surface area contributed by atoms with Crippen molar-refractivity contribution in [3.63, 3.8) is 0 Å². The first-order valence-electron chi connectivity index (χ1n) is 9.71. The van der Waals surface area contributed by atoms with Crippen LogP contribution in [-0.4, -0.2) is 10.2 Å². The Labute approximate surface area is 165 Å². The molecule has 1 aromatic heterocycles. The van der Waals surface area contributed by atoms with E-state index in [0.717, 1.165) is 11.1 Å². The summed E-state index contributed by atoms with van der Waals surface area (Å²) in [5, 5.41) is 21.5. The van der Waals surface area contributed by atoms with Gasteiger partial charge in [-0.1, -0.05) is 74.5 Å². The standard InChI is InChI=1S/C24H26O4/c1-3-18(16-11-7-5-8-12-16)22-20(25)15-21(28-24(22)27)19(4-2)23(26)17-13-9-6-10-14-17/h5-15,18-19,23,25-26H,3-4H2,1-2H3/t18-,19+,23+/m1/s1. The van der Waals surface area contributed by atoms with Crippen molar-refractivity contribution < 1.29 is 14.6 Å². The summed E-state index contributed by atoms with van der Waals surface area (Å²) in [6, 6.07) is 20.4. The van der Waals surface area contributed by atoms with Gasteiger partial charge in [-0.2, -0.15) is 0 Å². The predicted molar refractivity (Wildman–Crippen MR) is 110 cm³/mol. The van der Waals surface area contributed by atoms with Gasteiger partial charge in [-0.25, -0.2) is 4.79 Å². The molecule has 0 fully saturated rings. The maximum Gasteiger partial charge on any atom is 0.343 e. The monoisotopic (exact) mass is 378 g/mol. The highest BCUT2D eigenvalue weighted by molar-refractivity contribution is 5.40. The molecule has 3 rings (SSSR count). The van der Waals surface area contributed by atoms with E-state index in [1.165, 1.54) is 6.07 Å². The summed E-state index contributed by atoms with van der Waals surface area (Å²) < 4.78 is 5.61. The van der Waals surface area contributed by atoms with Crippen LogP contribution in [0.25, 0.3) is 0 Å². The smallest absolute Gasteiger partial charge is 0.343 e. The lowest BCUT2D eigenvalue weighted by Crippen LogP contribution is -2.17. The van der Waals surface area contributed by atoms with Crippen LogP contribution in [0.15, 0.2) is 75.9 Å². The van der Waals surface area contributed by atoms with Gasteiger partial charge in [-0.05, 0) is 24.0 Å². The highest BCUT2D eigenvalue weighted by Crippen LogP contribution is 2.37. The Hall–Kier alpha value is -2.85. The third-order valence-electron chi connectivity index (χ3n) is 5.27. The average Bonchev–Trinajstić information content (AvgIpc) is 2.72. The Morgan fingerprint density at radius 1 is 0.893 bits per heavy atom. The Kier molecular flexibility index (Phi) is 6.32. The number of rotatable bonds is 7. The molecule has 0 saturated carbocycles. The van der Waals surface area contributed by atoms with Crippen molar-refractivity contribution in [3.8, 4) is 5.75 Å². The summed E-state index contributed by atoms with van der Waals surface area (Å²) in [5.41, 5.74) is 1.42. The van der Waals surface area contributed by atoms with E-state index >= 15 is 0 Å². The van der Waals surface area contributed by atoms with Crippen LogP contribution in [0.2, 0.25) is 0 Å². The fraction of sp³-hybridized carbons (Fsp3) is 0.292. The molecule has 0 aliphatic carbocycles. The van der Waals surface area contributed by atoms with E-state index in [2.05, 4.69) is 0 Å². The number of hydrogen-bond acceptors (Lipinski definition) is 4. The van der Waals surface area contributed by atoms with Crippen molar-refractivity contribution in [2.45, 2.75) is 44.6 Å². The normalized spacial score (nSPS) is 14.4. The number of hydrogen-bond donors (Lipinski definition) is 2. The van der Waals surface area contributed by atoms with E-state index in [9.17, 15) is 15.0 Å². The minimum Gasteiger partial charge on any atom is -0.507 e. The Bertz CT molecular complexity index is 947. The Morgan fingerprint density at radius 2 is 1.46 bits per heavy atom. The molecule has 28 heavy (non-hydrogen) atoms. The van der Waals surface area contributed by atoms with E-state index < -0.39 is 17.6 Å². The maximum absolute atomic E-state index is 12.8. The van der Waals surface area contributed by atoms with E-state index in [4.69, 9.17) is 4.42 Å². The van der Waals surface area contributed by atoms with Crippen molar-refractivity contribution >= 4 is 0 Å². The van der Waals surface area contributed by atoms with Gasteiger partial charge in [-0.15, -0.1) is 0 Å². The molecule has 1 heterocycles. The molecule has 3 aromatic rings. The summed E-state index contributed by atoms with van der Waals surface area (Å²) in [7, 11) is 0. The molecule has 2 aromatic carbocycles. The van der Waals surface area contributed by atoms with Gasteiger partial charge in [0, 0.05) is 17.9 Å². The van der Waals surface area contributed by atoms with Crippen LogP contribution in [0.3, 0.4) is 0 Å². The van der Waals surface area contributed by atoms with Crippen LogP contribution in [0.1, 0.15) is 67.1 Å². The molecule has 0 radical (unpaired) electrons. The van der Waals surface area contributed by atoms with Crippen molar-refractivity contribution in [1.82, 2.24) is 0 Å². The lowest BCUT2D eigenvalue weighted by Gasteiger charge is -2.22. The highest BCUT2D eigenvalue weighted by atomic mass is 16.4. The van der Waals surface area contributed by atoms with Crippen molar-refractivity contribution in [2.75, 3.05) is 0 Å². The van der Waals surface area contributed by atoms with Gasteiger partial charge in [0.15, 0.2) is 0 Å². The van der Waals surface area contributed by atoms with Gasteiger partial charge < -0.3 is 14.6 Å². The molecule has 0 spiro atoms. The minimum absolute atomic E-state index is 0.0827. The van der Waals surface area contributed by atoms with E-state index in [-0.39, 0.29) is 17.2 Å². The molecule has 4 nitrogen and oxygen atoms in total. The zero-order valence-electron chi connectivity index (χ0n) is 16.2. The summed E-state index contributed by atoms with van der Waals surface area (Å²) in [4.78, 5) is 12.8. The largest absolute Gasteiger partial charge is 0.507 e. The summed E-state index contributed by atoms with van der Waals surface area (Å²) >= 11 is 0. The molecule has 0 aliphatic heterocycles. The molecule has 0 unspecified atom stereocenters. The van der Waals surface area contributed by atoms with Crippen LogP contribution < -0.4 is 5.63 Å². The first kappa shape index (κ1) is 19.9. The third-order valence-corrected chi connectivity index (χ3v) is 5.27. The maximum atomic E-state index is 12.8. The van der Waals surface area contributed by atoms with E-state index in [1.54, 1.807) is 0 Å². The van der Waals surface area contributed by atoms with Crippen molar-refractivity contribution in [2.24, 2.45) is 0 Å². The van der Waals surface area contributed by atoms with Gasteiger partial charge in [-0.3, -0.25) is 0 Å². The SMILES string of the molecule is CC[C@H](c1ccccc1)c1c(O)cc([C@H](CC)[C@@H](O)c2ccccc2)oc1=O. The topological polar surface area (TPSA) is 70.7 Å². The molecule has 4 heteroatoms. The molecular formula is C24H26O4. The first-order valence-corrected chi connectivity index (χ1v) is 9.71. The second kappa shape index (κ2) is 8.89. The quantitative estimate of drug-likeness (QED) is 0.599. The average molecular weight is 378 g/mol. The van der Waals surface area contributed by atoms with Crippen LogP contribution in [0.4, 0.5) is 0 Å². The second-order valence-corrected chi connectivity index (χ2v) is 6.98. The first-order chi connectivity index (χ1) is 13.6. The molecular weight excluding hydrogens is 352 g/mol. The van der Waals surface area contributed by atoms with E-state index in [1.807, 2.05) is 74.5 Å². The number of aliphatic hydroxyl groups is 1. The highest BCUT2D eigenvalue weighted by Gasteiger charge is 2.27. The molecule has 2 N–H and O–H groups in total. The fourth-order valence-electron chi connectivity index (χ4n) is 3.77. The zero-order chi connectivity index (χ0) is 20.1. The van der Waals surface area contributed by atoms with Crippen LogP contribution >= 0.6 is 0 Å². The lowest BCUT2D eigenvalue weighted by molar-refractivity contribution is 0.129.